The van der Waals surface area contributed by atoms with E-state index in [1.54, 1.807) is 6.92 Å². The molecule has 2 aromatic carbocycles. The van der Waals surface area contributed by atoms with E-state index in [9.17, 15) is 27.6 Å². The van der Waals surface area contributed by atoms with Gasteiger partial charge in [0.25, 0.3) is 11.8 Å². The number of benzene rings is 2. The standard InChI is InChI=1S/C23H16ClF3N4O3/c1-11-16(7-6-12(9-28)18(11)24)31-21(33)19-17-8-13(30(19)22(31)34)10-29(17)20(32)14-4-2-3-5-15(14)23(25,26)27/h2-7,13,17,19H,8,10H2,1H3. The second-order valence-corrected chi connectivity index (χ2v) is 8.83. The molecule has 11 heteroatoms. The molecule has 3 fully saturated rings. The second-order valence-electron chi connectivity index (χ2n) is 8.45. The topological polar surface area (TPSA) is 84.7 Å². The van der Waals surface area contributed by atoms with Crippen molar-refractivity contribution in [1.82, 2.24) is 9.80 Å². The third-order valence-electron chi connectivity index (χ3n) is 6.71. The number of carbonyl (C=O) groups excluding carboxylic acids is 3. The first-order chi connectivity index (χ1) is 16.1. The largest absolute Gasteiger partial charge is 0.417 e. The predicted molar refractivity (Wildman–Crippen MR) is 114 cm³/mol. The van der Waals surface area contributed by atoms with Crippen LogP contribution in [-0.2, 0) is 11.0 Å². The third kappa shape index (κ3) is 3.00. The number of alkyl halides is 3. The van der Waals surface area contributed by atoms with Crippen LogP contribution in [0.15, 0.2) is 36.4 Å². The minimum atomic E-state index is -4.71. The van der Waals surface area contributed by atoms with E-state index >= 15 is 0 Å². The molecule has 0 aliphatic carbocycles. The molecule has 3 atom stereocenters. The molecular formula is C23H16ClF3N4O3. The number of likely N-dealkylation sites (tertiary alicyclic amines) is 1. The first kappa shape index (κ1) is 22.2. The summed E-state index contributed by atoms with van der Waals surface area (Å²) in [6.45, 7) is 1.62. The maximum absolute atomic E-state index is 13.5. The molecule has 34 heavy (non-hydrogen) atoms. The Morgan fingerprint density at radius 1 is 1.18 bits per heavy atom. The Hall–Kier alpha value is -3.58. The van der Waals surface area contributed by atoms with Crippen molar-refractivity contribution in [2.24, 2.45) is 0 Å². The molecule has 3 saturated heterocycles. The van der Waals surface area contributed by atoms with Gasteiger partial charge in [0.2, 0.25) is 0 Å². The summed E-state index contributed by atoms with van der Waals surface area (Å²) in [4.78, 5) is 43.4. The van der Waals surface area contributed by atoms with E-state index in [-0.39, 0.29) is 22.8 Å². The highest BCUT2D eigenvalue weighted by Gasteiger charge is 2.63. The molecule has 0 aromatic heterocycles. The molecule has 3 aliphatic rings. The highest BCUT2D eigenvalue weighted by molar-refractivity contribution is 6.33. The molecule has 0 N–H and O–H groups in total. The number of amides is 4. The highest BCUT2D eigenvalue weighted by Crippen LogP contribution is 2.44. The number of anilines is 1. The fourth-order valence-corrected chi connectivity index (χ4v) is 5.39. The number of hydrogen-bond donors (Lipinski definition) is 0. The van der Waals surface area contributed by atoms with Gasteiger partial charge in [-0.25, -0.2) is 9.69 Å². The van der Waals surface area contributed by atoms with Gasteiger partial charge in [-0.15, -0.1) is 0 Å². The van der Waals surface area contributed by atoms with Crippen LogP contribution in [0.25, 0.3) is 0 Å². The zero-order valence-corrected chi connectivity index (χ0v) is 18.4. The Kier molecular flexibility index (Phi) is 4.88. The van der Waals surface area contributed by atoms with Crippen molar-refractivity contribution < 1.29 is 27.6 Å². The van der Waals surface area contributed by atoms with Gasteiger partial charge in [0, 0.05) is 6.54 Å². The Labute approximate surface area is 196 Å². The molecule has 3 aliphatic heterocycles. The van der Waals surface area contributed by atoms with Gasteiger partial charge in [0.05, 0.1) is 39.5 Å². The fourth-order valence-electron chi connectivity index (χ4n) is 5.19. The van der Waals surface area contributed by atoms with Gasteiger partial charge in [0.1, 0.15) is 12.1 Å². The van der Waals surface area contributed by atoms with Gasteiger partial charge in [-0.3, -0.25) is 9.59 Å². The van der Waals surface area contributed by atoms with Crippen LogP contribution in [0.5, 0.6) is 0 Å². The fraction of sp³-hybridized carbons (Fsp3) is 0.304. The summed E-state index contributed by atoms with van der Waals surface area (Å²) in [5.74, 6) is -1.40. The van der Waals surface area contributed by atoms with Crippen LogP contribution in [0.4, 0.5) is 23.7 Å². The lowest BCUT2D eigenvalue weighted by Crippen LogP contribution is -2.55. The van der Waals surface area contributed by atoms with Crippen LogP contribution in [-0.4, -0.2) is 52.3 Å². The number of piperazine rings is 1. The lowest BCUT2D eigenvalue weighted by Gasteiger charge is -2.35. The molecule has 3 unspecified atom stereocenters. The summed E-state index contributed by atoms with van der Waals surface area (Å²) in [5, 5.41) is 9.28. The quantitative estimate of drug-likeness (QED) is 0.599. The summed E-state index contributed by atoms with van der Waals surface area (Å²) in [5.41, 5.74) is -0.728. The number of imide groups is 1. The average molecular weight is 489 g/mol. The van der Waals surface area contributed by atoms with Crippen molar-refractivity contribution in [2.75, 3.05) is 11.4 Å². The number of halogens is 4. The second kappa shape index (κ2) is 7.46. The van der Waals surface area contributed by atoms with Crippen LogP contribution >= 0.6 is 11.6 Å². The van der Waals surface area contributed by atoms with Gasteiger partial charge in [-0.1, -0.05) is 23.7 Å². The molecule has 0 saturated carbocycles. The van der Waals surface area contributed by atoms with E-state index in [1.807, 2.05) is 6.07 Å². The minimum Gasteiger partial charge on any atom is -0.331 e. The summed E-state index contributed by atoms with van der Waals surface area (Å²) >= 11 is 6.22. The number of rotatable bonds is 2. The summed E-state index contributed by atoms with van der Waals surface area (Å²) in [6.07, 6.45) is -4.40. The molecule has 3 heterocycles. The molecule has 2 bridgehead atoms. The van der Waals surface area contributed by atoms with Gasteiger partial charge in [0.15, 0.2) is 0 Å². The van der Waals surface area contributed by atoms with Crippen LogP contribution in [0.1, 0.15) is 33.5 Å². The van der Waals surface area contributed by atoms with E-state index in [2.05, 4.69) is 0 Å². The zero-order valence-electron chi connectivity index (χ0n) is 17.6. The predicted octanol–water partition coefficient (Wildman–Crippen LogP) is 3.97. The van der Waals surface area contributed by atoms with Crippen LogP contribution in [0.3, 0.4) is 0 Å². The van der Waals surface area contributed by atoms with Crippen molar-refractivity contribution in [1.29, 1.82) is 5.26 Å². The molecule has 0 spiro atoms. The van der Waals surface area contributed by atoms with Gasteiger partial charge in [-0.05, 0) is 43.2 Å². The van der Waals surface area contributed by atoms with E-state index in [0.717, 1.165) is 17.0 Å². The maximum atomic E-state index is 13.5. The third-order valence-corrected chi connectivity index (χ3v) is 7.19. The first-order valence-corrected chi connectivity index (χ1v) is 10.8. The summed E-state index contributed by atoms with van der Waals surface area (Å²) in [6, 6.07) is 6.52. The van der Waals surface area contributed by atoms with Crippen LogP contribution in [0.2, 0.25) is 5.02 Å². The molecule has 174 valence electrons. The van der Waals surface area contributed by atoms with Crippen molar-refractivity contribution in [3.8, 4) is 6.07 Å². The van der Waals surface area contributed by atoms with Gasteiger partial charge >= 0.3 is 12.2 Å². The first-order valence-electron chi connectivity index (χ1n) is 10.4. The molecule has 0 radical (unpaired) electrons. The maximum Gasteiger partial charge on any atom is 0.417 e. The van der Waals surface area contributed by atoms with Crippen molar-refractivity contribution >= 4 is 35.1 Å². The lowest BCUT2D eigenvalue weighted by atomic mass is 10.0. The number of nitrogens with zero attached hydrogens (tertiary/aromatic N) is 4. The van der Waals surface area contributed by atoms with Gasteiger partial charge < -0.3 is 9.80 Å². The SMILES string of the molecule is Cc1c(N2C(=O)C3C4CC(CN4C(=O)c4ccccc4C(F)(F)F)N3C2=O)ccc(C#N)c1Cl. The lowest BCUT2D eigenvalue weighted by molar-refractivity contribution is -0.138. The number of carbonyl (C=O) groups is 3. The highest BCUT2D eigenvalue weighted by atomic mass is 35.5. The normalized spacial score (nSPS) is 23.5. The molecule has 2 aromatic rings. The average Bonchev–Trinajstić information content (AvgIpc) is 3.46. The summed E-state index contributed by atoms with van der Waals surface area (Å²) in [7, 11) is 0. The zero-order chi connectivity index (χ0) is 24.5. The van der Waals surface area contributed by atoms with Crippen LogP contribution < -0.4 is 4.90 Å². The Balaban J connectivity index is 1.48. The number of hydrogen-bond acceptors (Lipinski definition) is 4. The summed E-state index contributed by atoms with van der Waals surface area (Å²) < 4.78 is 40.4. The molecule has 5 rings (SSSR count). The smallest absolute Gasteiger partial charge is 0.331 e. The number of fused-ring (bicyclic) bond motifs is 5. The Morgan fingerprint density at radius 2 is 1.88 bits per heavy atom. The van der Waals surface area contributed by atoms with Crippen molar-refractivity contribution in [3.05, 3.63) is 63.7 Å². The number of urea groups is 1. The van der Waals surface area contributed by atoms with E-state index < -0.39 is 53.3 Å². The van der Waals surface area contributed by atoms with E-state index in [0.29, 0.717) is 12.0 Å². The molecule has 7 nitrogen and oxygen atoms in total. The van der Waals surface area contributed by atoms with Crippen molar-refractivity contribution in [2.45, 2.75) is 37.6 Å². The molecular weight excluding hydrogens is 473 g/mol. The van der Waals surface area contributed by atoms with Crippen LogP contribution in [0, 0.1) is 18.3 Å². The number of nitriles is 1. The minimum absolute atomic E-state index is 0.0339. The van der Waals surface area contributed by atoms with E-state index in [1.165, 1.54) is 34.1 Å². The Morgan fingerprint density at radius 3 is 2.56 bits per heavy atom. The van der Waals surface area contributed by atoms with E-state index in [4.69, 9.17) is 16.9 Å². The Bertz CT molecular complexity index is 1310. The molecule has 4 amide bonds. The monoisotopic (exact) mass is 488 g/mol. The van der Waals surface area contributed by atoms with Gasteiger partial charge in [-0.2, -0.15) is 18.4 Å². The van der Waals surface area contributed by atoms with Crippen molar-refractivity contribution in [3.63, 3.8) is 0 Å².